The molecule has 4 nitrogen and oxygen atoms in total. The molecule has 1 saturated heterocycles. The number of likely N-dealkylation sites (N-methyl/N-ethyl adjacent to an activating group) is 2. The Labute approximate surface area is 104 Å². The largest absolute Gasteiger partial charge is 0.358 e. The molecule has 0 radical (unpaired) electrons. The molecule has 1 amide bonds. The van der Waals surface area contributed by atoms with E-state index in [1.807, 2.05) is 0 Å². The number of nitrogens with one attached hydrogen (secondary N) is 2. The van der Waals surface area contributed by atoms with Crippen molar-refractivity contribution >= 4 is 5.91 Å². The third-order valence-corrected chi connectivity index (χ3v) is 4.26. The van der Waals surface area contributed by atoms with Gasteiger partial charge in [-0.15, -0.1) is 0 Å². The highest BCUT2D eigenvalue weighted by atomic mass is 16.2. The summed E-state index contributed by atoms with van der Waals surface area (Å²) in [5, 5.41) is 6.16. The first-order valence-corrected chi connectivity index (χ1v) is 6.88. The van der Waals surface area contributed by atoms with Gasteiger partial charge >= 0.3 is 0 Å². The van der Waals surface area contributed by atoms with Gasteiger partial charge < -0.3 is 15.5 Å². The van der Waals surface area contributed by atoms with Crippen LogP contribution in [-0.2, 0) is 4.79 Å². The molecule has 1 heterocycles. The lowest BCUT2D eigenvalue weighted by Crippen LogP contribution is -2.45. The Kier molecular flexibility index (Phi) is 4.40. The zero-order valence-electron chi connectivity index (χ0n) is 11.0. The summed E-state index contributed by atoms with van der Waals surface area (Å²) in [4.78, 5) is 14.0. The molecule has 98 valence electrons. The second-order valence-corrected chi connectivity index (χ2v) is 5.49. The summed E-state index contributed by atoms with van der Waals surface area (Å²) in [7, 11) is 3.94. The molecule has 2 atom stereocenters. The van der Waals surface area contributed by atoms with Crippen molar-refractivity contribution in [2.24, 2.45) is 0 Å². The van der Waals surface area contributed by atoms with E-state index < -0.39 is 0 Å². The molecular formula is C13H25N3O. The number of carbonyl (C=O) groups excluding carboxylic acids is 1. The molecule has 0 aromatic rings. The van der Waals surface area contributed by atoms with Gasteiger partial charge in [-0.3, -0.25) is 4.79 Å². The average Bonchev–Trinajstić information content (AvgIpc) is 2.98. The Balaban J connectivity index is 1.75. The zero-order valence-corrected chi connectivity index (χ0v) is 11.0. The maximum Gasteiger partial charge on any atom is 0.236 e. The fourth-order valence-corrected chi connectivity index (χ4v) is 3.19. The molecule has 4 heteroatoms. The van der Waals surface area contributed by atoms with Gasteiger partial charge in [0.1, 0.15) is 0 Å². The van der Waals surface area contributed by atoms with Crippen molar-refractivity contribution in [3.8, 4) is 0 Å². The molecule has 2 aliphatic rings. The minimum atomic E-state index is 0.0296. The highest BCUT2D eigenvalue weighted by Crippen LogP contribution is 2.23. The fourth-order valence-electron chi connectivity index (χ4n) is 3.19. The molecule has 2 fully saturated rings. The maximum absolute atomic E-state index is 11.5. The number of carbonyl (C=O) groups is 1. The fraction of sp³-hybridized carbons (Fsp3) is 0.923. The van der Waals surface area contributed by atoms with Gasteiger partial charge in [0.15, 0.2) is 0 Å². The molecule has 0 spiro atoms. The monoisotopic (exact) mass is 239 g/mol. The van der Waals surface area contributed by atoms with E-state index in [1.165, 1.54) is 25.7 Å². The Bertz CT molecular complexity index is 263. The smallest absolute Gasteiger partial charge is 0.236 e. The number of rotatable bonds is 4. The standard InChI is InChI=1S/C13H25N3O/c1-14-13(17)12-8-7-10(15-12)9-16(2)11-5-3-4-6-11/h10-12,15H,3-9H2,1-2H3,(H,14,17). The van der Waals surface area contributed by atoms with Gasteiger partial charge in [-0.1, -0.05) is 12.8 Å². The van der Waals surface area contributed by atoms with Crippen molar-refractivity contribution in [2.75, 3.05) is 20.6 Å². The Morgan fingerprint density at radius 2 is 2.00 bits per heavy atom. The molecule has 2 N–H and O–H groups in total. The highest BCUT2D eigenvalue weighted by molar-refractivity contribution is 5.81. The summed E-state index contributed by atoms with van der Waals surface area (Å²) < 4.78 is 0. The molecule has 0 aromatic carbocycles. The van der Waals surface area contributed by atoms with Crippen LogP contribution in [0, 0.1) is 0 Å². The maximum atomic E-state index is 11.5. The molecule has 17 heavy (non-hydrogen) atoms. The molecule has 0 aromatic heterocycles. The van der Waals surface area contributed by atoms with Gasteiger partial charge in [0.2, 0.25) is 5.91 Å². The van der Waals surface area contributed by atoms with Crippen molar-refractivity contribution in [1.29, 1.82) is 0 Å². The first-order valence-electron chi connectivity index (χ1n) is 6.88. The van der Waals surface area contributed by atoms with Gasteiger partial charge in [0, 0.05) is 25.7 Å². The van der Waals surface area contributed by atoms with Gasteiger partial charge in [-0.25, -0.2) is 0 Å². The molecule has 1 aliphatic carbocycles. The summed E-state index contributed by atoms with van der Waals surface area (Å²) in [6, 6.07) is 1.29. The minimum absolute atomic E-state index is 0.0296. The van der Waals surface area contributed by atoms with E-state index in [2.05, 4.69) is 22.6 Å². The van der Waals surface area contributed by atoms with Gasteiger partial charge in [-0.05, 0) is 32.7 Å². The third kappa shape index (κ3) is 3.19. The first-order chi connectivity index (χ1) is 8.20. The molecular weight excluding hydrogens is 214 g/mol. The number of amides is 1. The predicted molar refractivity (Wildman–Crippen MR) is 68.9 cm³/mol. The SMILES string of the molecule is CNC(=O)C1CCC(CN(C)C2CCCC2)N1. The van der Waals surface area contributed by atoms with Gasteiger partial charge in [0.05, 0.1) is 6.04 Å². The summed E-state index contributed by atoms with van der Waals surface area (Å²) in [6.45, 7) is 1.08. The minimum Gasteiger partial charge on any atom is -0.358 e. The summed E-state index contributed by atoms with van der Waals surface area (Å²) in [5.74, 6) is 0.135. The van der Waals surface area contributed by atoms with E-state index in [4.69, 9.17) is 0 Å². The van der Waals surface area contributed by atoms with Gasteiger partial charge in [0.25, 0.3) is 0 Å². The van der Waals surface area contributed by atoms with Crippen LogP contribution in [0.4, 0.5) is 0 Å². The summed E-state index contributed by atoms with van der Waals surface area (Å²) in [5.41, 5.74) is 0. The van der Waals surface area contributed by atoms with Gasteiger partial charge in [-0.2, -0.15) is 0 Å². The molecule has 1 aliphatic heterocycles. The molecule has 2 unspecified atom stereocenters. The van der Waals surface area contributed by atoms with E-state index in [1.54, 1.807) is 7.05 Å². The quantitative estimate of drug-likeness (QED) is 0.760. The van der Waals surface area contributed by atoms with E-state index >= 15 is 0 Å². The van der Waals surface area contributed by atoms with E-state index in [0.717, 1.165) is 25.4 Å². The normalized spacial score (nSPS) is 30.1. The predicted octanol–water partition coefficient (Wildman–Crippen LogP) is 0.727. The lowest BCUT2D eigenvalue weighted by molar-refractivity contribution is -0.122. The first kappa shape index (κ1) is 12.8. The van der Waals surface area contributed by atoms with Crippen LogP contribution in [0.2, 0.25) is 0 Å². The average molecular weight is 239 g/mol. The Hall–Kier alpha value is -0.610. The third-order valence-electron chi connectivity index (χ3n) is 4.26. The van der Waals surface area contributed by atoms with Crippen LogP contribution >= 0.6 is 0 Å². The van der Waals surface area contributed by atoms with Crippen molar-refractivity contribution in [3.63, 3.8) is 0 Å². The van der Waals surface area contributed by atoms with Crippen molar-refractivity contribution < 1.29 is 4.79 Å². The molecule has 0 bridgehead atoms. The number of nitrogens with zero attached hydrogens (tertiary/aromatic N) is 1. The van der Waals surface area contributed by atoms with Crippen molar-refractivity contribution in [3.05, 3.63) is 0 Å². The lowest BCUT2D eigenvalue weighted by Gasteiger charge is -2.27. The number of hydrogen-bond acceptors (Lipinski definition) is 3. The van der Waals surface area contributed by atoms with E-state index in [9.17, 15) is 4.79 Å². The second-order valence-electron chi connectivity index (χ2n) is 5.49. The van der Waals surface area contributed by atoms with Crippen LogP contribution in [0.1, 0.15) is 38.5 Å². The number of hydrogen-bond donors (Lipinski definition) is 2. The molecule has 2 rings (SSSR count). The van der Waals surface area contributed by atoms with E-state index in [-0.39, 0.29) is 11.9 Å². The summed E-state index contributed by atoms with van der Waals surface area (Å²) >= 11 is 0. The van der Waals surface area contributed by atoms with Crippen molar-refractivity contribution in [2.45, 2.75) is 56.7 Å². The Morgan fingerprint density at radius 3 is 2.65 bits per heavy atom. The Morgan fingerprint density at radius 1 is 1.29 bits per heavy atom. The van der Waals surface area contributed by atoms with Crippen LogP contribution in [0.15, 0.2) is 0 Å². The van der Waals surface area contributed by atoms with Crippen LogP contribution in [0.25, 0.3) is 0 Å². The van der Waals surface area contributed by atoms with Crippen LogP contribution < -0.4 is 10.6 Å². The molecule has 1 saturated carbocycles. The summed E-state index contributed by atoms with van der Waals surface area (Å²) in [6.07, 6.45) is 7.56. The van der Waals surface area contributed by atoms with E-state index in [0.29, 0.717) is 6.04 Å². The van der Waals surface area contributed by atoms with Crippen LogP contribution in [0.5, 0.6) is 0 Å². The zero-order chi connectivity index (χ0) is 12.3. The highest BCUT2D eigenvalue weighted by Gasteiger charge is 2.30. The van der Waals surface area contributed by atoms with Crippen LogP contribution in [-0.4, -0.2) is 49.6 Å². The topological polar surface area (TPSA) is 44.4 Å². The second kappa shape index (κ2) is 5.83. The van der Waals surface area contributed by atoms with Crippen molar-refractivity contribution in [1.82, 2.24) is 15.5 Å². The lowest BCUT2D eigenvalue weighted by atomic mass is 10.1. The van der Waals surface area contributed by atoms with Crippen LogP contribution in [0.3, 0.4) is 0 Å².